The van der Waals surface area contributed by atoms with E-state index in [1.807, 2.05) is 0 Å². The third-order valence-corrected chi connectivity index (χ3v) is 4.63. The van der Waals surface area contributed by atoms with E-state index in [4.69, 9.17) is 9.15 Å². The fourth-order valence-electron chi connectivity index (χ4n) is 2.06. The molecule has 0 aliphatic heterocycles. The van der Waals surface area contributed by atoms with Crippen molar-refractivity contribution in [2.24, 2.45) is 7.05 Å². The molecule has 3 rings (SSSR count). The Morgan fingerprint density at radius 2 is 2.04 bits per heavy atom. The number of fused-ring (bicyclic) bond motifs is 1. The molecule has 0 aliphatic carbocycles. The molecule has 1 N–H and O–H groups in total. The second kappa shape index (κ2) is 5.43. The van der Waals surface area contributed by atoms with Crippen LogP contribution in [0.25, 0.3) is 11.1 Å². The number of nitrogens with zero attached hydrogens (tertiary/aromatic N) is 2. The lowest BCUT2D eigenvalue weighted by Crippen LogP contribution is -2.14. The van der Waals surface area contributed by atoms with Crippen LogP contribution in [-0.2, 0) is 17.1 Å². The summed E-state index contributed by atoms with van der Waals surface area (Å²) in [4.78, 5) is 15.4. The number of rotatable bonds is 4. The number of pyridine rings is 1. The van der Waals surface area contributed by atoms with Crippen molar-refractivity contribution < 1.29 is 17.6 Å². The largest absolute Gasteiger partial charge is 0.497 e. The molecule has 2 heterocycles. The fourth-order valence-corrected chi connectivity index (χ4v) is 3.08. The topological polar surface area (TPSA) is 103 Å². The Balaban J connectivity index is 2.01. The zero-order valence-electron chi connectivity index (χ0n) is 12.3. The summed E-state index contributed by atoms with van der Waals surface area (Å²) in [5.74, 6) is 0.0490. The van der Waals surface area contributed by atoms with Crippen molar-refractivity contribution in [3.8, 4) is 5.75 Å². The molecule has 8 nitrogen and oxygen atoms in total. The smallest absolute Gasteiger partial charge is 0.419 e. The number of hydrogen-bond acceptors (Lipinski definition) is 6. The van der Waals surface area contributed by atoms with E-state index in [1.54, 1.807) is 6.07 Å². The first-order chi connectivity index (χ1) is 10.9. The highest BCUT2D eigenvalue weighted by Crippen LogP contribution is 2.21. The Morgan fingerprint density at radius 1 is 1.26 bits per heavy atom. The number of sulfonamides is 1. The molecule has 0 bridgehead atoms. The first-order valence-corrected chi connectivity index (χ1v) is 8.01. The zero-order chi connectivity index (χ0) is 16.6. The molecule has 0 spiro atoms. The summed E-state index contributed by atoms with van der Waals surface area (Å²) in [5.41, 5.74) is 0.701. The van der Waals surface area contributed by atoms with E-state index in [-0.39, 0.29) is 10.7 Å². The van der Waals surface area contributed by atoms with Crippen LogP contribution in [-0.4, -0.2) is 25.1 Å². The van der Waals surface area contributed by atoms with E-state index in [0.717, 1.165) is 0 Å². The van der Waals surface area contributed by atoms with Crippen LogP contribution in [0.1, 0.15) is 0 Å². The maximum Gasteiger partial charge on any atom is 0.419 e. The number of ether oxygens (including phenoxy) is 1. The van der Waals surface area contributed by atoms with E-state index in [0.29, 0.717) is 16.8 Å². The summed E-state index contributed by atoms with van der Waals surface area (Å²) >= 11 is 0. The SMILES string of the molecule is COc1ccnc(NS(=O)(=O)c2ccc3oc(=O)n(C)c3c2)c1. The highest BCUT2D eigenvalue weighted by Gasteiger charge is 2.17. The van der Waals surface area contributed by atoms with Crippen LogP contribution in [0.15, 0.2) is 50.6 Å². The van der Waals surface area contributed by atoms with Crippen LogP contribution < -0.4 is 15.2 Å². The Labute approximate surface area is 131 Å². The lowest BCUT2D eigenvalue weighted by molar-refractivity contribution is 0.414. The maximum absolute atomic E-state index is 12.5. The highest BCUT2D eigenvalue weighted by atomic mass is 32.2. The quantitative estimate of drug-likeness (QED) is 0.771. The van der Waals surface area contributed by atoms with Gasteiger partial charge in [-0.1, -0.05) is 0 Å². The van der Waals surface area contributed by atoms with Gasteiger partial charge in [0, 0.05) is 19.3 Å². The predicted molar refractivity (Wildman–Crippen MR) is 83.1 cm³/mol. The molecular weight excluding hydrogens is 322 g/mol. The zero-order valence-corrected chi connectivity index (χ0v) is 13.1. The Hall–Kier alpha value is -2.81. The van der Waals surface area contributed by atoms with Crippen molar-refractivity contribution in [2.75, 3.05) is 11.8 Å². The maximum atomic E-state index is 12.5. The van der Waals surface area contributed by atoms with Gasteiger partial charge in [-0.25, -0.2) is 18.2 Å². The van der Waals surface area contributed by atoms with Crippen LogP contribution >= 0.6 is 0 Å². The van der Waals surface area contributed by atoms with Crippen LogP contribution in [0.5, 0.6) is 5.75 Å². The van der Waals surface area contributed by atoms with Crippen LogP contribution in [0.4, 0.5) is 5.82 Å². The molecule has 120 valence electrons. The van der Waals surface area contributed by atoms with E-state index >= 15 is 0 Å². The minimum atomic E-state index is -3.86. The Kier molecular flexibility index (Phi) is 3.57. The molecular formula is C14H13N3O5S. The second-order valence-corrected chi connectivity index (χ2v) is 6.43. The molecule has 23 heavy (non-hydrogen) atoms. The number of oxazole rings is 1. The molecule has 0 saturated heterocycles. The fraction of sp³-hybridized carbons (Fsp3) is 0.143. The minimum Gasteiger partial charge on any atom is -0.497 e. The lowest BCUT2D eigenvalue weighted by Gasteiger charge is -2.08. The molecule has 0 fully saturated rings. The molecule has 0 atom stereocenters. The second-order valence-electron chi connectivity index (χ2n) is 4.74. The van der Waals surface area contributed by atoms with Gasteiger partial charge in [-0.15, -0.1) is 0 Å². The number of nitrogens with one attached hydrogen (secondary N) is 1. The number of anilines is 1. The monoisotopic (exact) mass is 335 g/mol. The van der Waals surface area contributed by atoms with Gasteiger partial charge in [0.15, 0.2) is 5.58 Å². The standard InChI is InChI=1S/C14H13N3O5S/c1-17-11-8-10(3-4-12(11)22-14(17)18)23(19,20)16-13-7-9(21-2)5-6-15-13/h3-8H,1-2H3,(H,15,16). The number of aryl methyl sites for hydroxylation is 1. The average molecular weight is 335 g/mol. The van der Waals surface area contributed by atoms with Gasteiger partial charge in [0.2, 0.25) is 0 Å². The number of aromatic nitrogens is 2. The van der Waals surface area contributed by atoms with Crippen molar-refractivity contribution in [3.05, 3.63) is 47.1 Å². The molecule has 0 amide bonds. The molecule has 0 unspecified atom stereocenters. The lowest BCUT2D eigenvalue weighted by atomic mass is 10.3. The van der Waals surface area contributed by atoms with E-state index < -0.39 is 15.8 Å². The van der Waals surface area contributed by atoms with Gasteiger partial charge in [-0.2, -0.15) is 0 Å². The van der Waals surface area contributed by atoms with E-state index in [9.17, 15) is 13.2 Å². The normalized spacial score (nSPS) is 11.6. The molecule has 3 aromatic rings. The van der Waals surface area contributed by atoms with Gasteiger partial charge in [-0.05, 0) is 24.3 Å². The summed E-state index contributed by atoms with van der Waals surface area (Å²) in [6.45, 7) is 0. The van der Waals surface area contributed by atoms with E-state index in [2.05, 4.69) is 9.71 Å². The molecule has 1 aromatic carbocycles. The van der Waals surface area contributed by atoms with Crippen molar-refractivity contribution in [3.63, 3.8) is 0 Å². The summed E-state index contributed by atoms with van der Waals surface area (Å²) in [5, 5.41) is 0. The molecule has 2 aromatic heterocycles. The highest BCUT2D eigenvalue weighted by molar-refractivity contribution is 7.92. The van der Waals surface area contributed by atoms with Crippen molar-refractivity contribution >= 4 is 26.9 Å². The Morgan fingerprint density at radius 3 is 2.78 bits per heavy atom. The third-order valence-electron chi connectivity index (χ3n) is 3.28. The van der Waals surface area contributed by atoms with Crippen molar-refractivity contribution in [1.82, 2.24) is 9.55 Å². The van der Waals surface area contributed by atoms with Gasteiger partial charge < -0.3 is 9.15 Å². The van der Waals surface area contributed by atoms with Gasteiger partial charge in [0.05, 0.1) is 17.5 Å². The van der Waals surface area contributed by atoms with Crippen LogP contribution in [0.3, 0.4) is 0 Å². The van der Waals surface area contributed by atoms with Gasteiger partial charge in [-0.3, -0.25) is 9.29 Å². The summed E-state index contributed by atoms with van der Waals surface area (Å²) < 4.78 is 38.5. The minimum absolute atomic E-state index is 0.00831. The number of methoxy groups -OCH3 is 1. The van der Waals surface area contributed by atoms with Gasteiger partial charge in [0.25, 0.3) is 10.0 Å². The summed E-state index contributed by atoms with van der Waals surface area (Å²) in [6.07, 6.45) is 1.43. The third kappa shape index (κ3) is 2.78. The summed E-state index contributed by atoms with van der Waals surface area (Å²) in [7, 11) is -0.888. The molecule has 0 aliphatic rings. The van der Waals surface area contributed by atoms with Crippen LogP contribution in [0.2, 0.25) is 0 Å². The molecule has 0 radical (unpaired) electrons. The summed E-state index contributed by atoms with van der Waals surface area (Å²) in [6, 6.07) is 7.22. The molecule has 0 saturated carbocycles. The van der Waals surface area contributed by atoms with E-state index in [1.165, 1.54) is 49.2 Å². The van der Waals surface area contributed by atoms with Gasteiger partial charge >= 0.3 is 5.76 Å². The van der Waals surface area contributed by atoms with Crippen molar-refractivity contribution in [2.45, 2.75) is 4.90 Å². The first-order valence-electron chi connectivity index (χ1n) is 6.53. The van der Waals surface area contributed by atoms with Crippen LogP contribution in [0, 0.1) is 0 Å². The first kappa shape index (κ1) is 15.1. The number of hydrogen-bond donors (Lipinski definition) is 1. The Bertz CT molecular complexity index is 1040. The van der Waals surface area contributed by atoms with Crippen molar-refractivity contribution in [1.29, 1.82) is 0 Å². The number of benzene rings is 1. The predicted octanol–water partition coefficient (Wildman–Crippen LogP) is 1.34. The average Bonchev–Trinajstić information content (AvgIpc) is 2.81. The molecule has 9 heteroatoms. The van der Waals surface area contributed by atoms with Gasteiger partial charge in [0.1, 0.15) is 11.6 Å².